The highest BCUT2D eigenvalue weighted by molar-refractivity contribution is 9.10. The van der Waals surface area contributed by atoms with E-state index in [9.17, 15) is 0 Å². The molecule has 0 spiro atoms. The number of ether oxygens (including phenoxy) is 1. The van der Waals surface area contributed by atoms with Crippen molar-refractivity contribution in [1.82, 2.24) is 0 Å². The first-order valence-corrected chi connectivity index (χ1v) is 7.22. The molecule has 0 amide bonds. The topological polar surface area (TPSA) is 35.2 Å². The highest BCUT2D eigenvalue weighted by Crippen LogP contribution is 2.27. The van der Waals surface area contributed by atoms with Gasteiger partial charge in [0.05, 0.1) is 4.47 Å². The number of hydrogen-bond donors (Lipinski definition) is 1. The van der Waals surface area contributed by atoms with Crippen LogP contribution in [0.2, 0.25) is 5.02 Å². The van der Waals surface area contributed by atoms with Gasteiger partial charge in [-0.3, -0.25) is 0 Å². The minimum atomic E-state index is 0.453. The SMILES string of the molecule is NCCc1ccc(OCc2ccccc2Cl)c(Br)c1. The zero-order valence-electron chi connectivity index (χ0n) is 10.4. The number of rotatable bonds is 5. The van der Waals surface area contributed by atoms with Gasteiger partial charge in [-0.2, -0.15) is 0 Å². The van der Waals surface area contributed by atoms with Crippen LogP contribution in [0.25, 0.3) is 0 Å². The molecule has 0 aliphatic carbocycles. The maximum atomic E-state index is 6.09. The first-order valence-electron chi connectivity index (χ1n) is 6.05. The Morgan fingerprint density at radius 1 is 1.16 bits per heavy atom. The van der Waals surface area contributed by atoms with Gasteiger partial charge in [0, 0.05) is 10.6 Å². The van der Waals surface area contributed by atoms with Gasteiger partial charge < -0.3 is 10.5 Å². The highest BCUT2D eigenvalue weighted by Gasteiger charge is 2.05. The lowest BCUT2D eigenvalue weighted by atomic mass is 10.1. The average molecular weight is 341 g/mol. The van der Waals surface area contributed by atoms with E-state index in [2.05, 4.69) is 15.9 Å². The molecule has 2 aromatic rings. The minimum Gasteiger partial charge on any atom is -0.488 e. The van der Waals surface area contributed by atoms with Crippen LogP contribution in [0.5, 0.6) is 5.75 Å². The van der Waals surface area contributed by atoms with Crippen molar-refractivity contribution in [1.29, 1.82) is 0 Å². The van der Waals surface area contributed by atoms with Crippen molar-refractivity contribution in [3.8, 4) is 5.75 Å². The van der Waals surface area contributed by atoms with E-state index in [-0.39, 0.29) is 0 Å². The van der Waals surface area contributed by atoms with Crippen LogP contribution in [0.4, 0.5) is 0 Å². The maximum absolute atomic E-state index is 6.09. The number of nitrogens with two attached hydrogens (primary N) is 1. The summed E-state index contributed by atoms with van der Waals surface area (Å²) < 4.78 is 6.71. The number of halogens is 2. The first-order chi connectivity index (χ1) is 9.20. The first kappa shape index (κ1) is 14.4. The van der Waals surface area contributed by atoms with Crippen molar-refractivity contribution in [3.63, 3.8) is 0 Å². The van der Waals surface area contributed by atoms with E-state index in [1.54, 1.807) is 0 Å². The molecule has 0 aromatic heterocycles. The van der Waals surface area contributed by atoms with Gasteiger partial charge in [-0.05, 0) is 52.7 Å². The molecular formula is C15H15BrClNO. The number of hydrogen-bond acceptors (Lipinski definition) is 2. The molecule has 4 heteroatoms. The summed E-state index contributed by atoms with van der Waals surface area (Å²) in [7, 11) is 0. The Labute approximate surface area is 126 Å². The van der Waals surface area contributed by atoms with Gasteiger partial charge in [0.1, 0.15) is 12.4 Å². The largest absolute Gasteiger partial charge is 0.488 e. The summed E-state index contributed by atoms with van der Waals surface area (Å²) in [5.74, 6) is 0.806. The van der Waals surface area contributed by atoms with Crippen LogP contribution < -0.4 is 10.5 Å². The van der Waals surface area contributed by atoms with Crippen molar-refractivity contribution < 1.29 is 4.74 Å². The maximum Gasteiger partial charge on any atom is 0.134 e. The zero-order valence-corrected chi connectivity index (χ0v) is 12.7. The fourth-order valence-corrected chi connectivity index (χ4v) is 2.49. The molecule has 0 aliphatic heterocycles. The summed E-state index contributed by atoms with van der Waals surface area (Å²) in [6.07, 6.45) is 0.864. The van der Waals surface area contributed by atoms with Crippen LogP contribution in [0.1, 0.15) is 11.1 Å². The molecule has 100 valence electrons. The van der Waals surface area contributed by atoms with E-state index in [1.165, 1.54) is 5.56 Å². The predicted octanol–water partition coefficient (Wildman–Crippen LogP) is 4.18. The van der Waals surface area contributed by atoms with E-state index in [1.807, 2.05) is 42.5 Å². The molecule has 0 unspecified atom stereocenters. The molecule has 0 saturated carbocycles. The van der Waals surface area contributed by atoms with E-state index < -0.39 is 0 Å². The van der Waals surface area contributed by atoms with Gasteiger partial charge >= 0.3 is 0 Å². The van der Waals surface area contributed by atoms with E-state index in [0.29, 0.717) is 13.2 Å². The van der Waals surface area contributed by atoms with Crippen LogP contribution in [0, 0.1) is 0 Å². The normalized spacial score (nSPS) is 10.5. The minimum absolute atomic E-state index is 0.453. The molecule has 2 aromatic carbocycles. The fraction of sp³-hybridized carbons (Fsp3) is 0.200. The van der Waals surface area contributed by atoms with Crippen LogP contribution in [-0.4, -0.2) is 6.54 Å². The van der Waals surface area contributed by atoms with Crippen LogP contribution in [-0.2, 0) is 13.0 Å². The summed E-state index contributed by atoms with van der Waals surface area (Å²) in [5.41, 5.74) is 7.71. The molecule has 0 atom stereocenters. The molecule has 2 rings (SSSR count). The second-order valence-corrected chi connectivity index (χ2v) is 5.45. The lowest BCUT2D eigenvalue weighted by molar-refractivity contribution is 0.304. The molecule has 0 heterocycles. The van der Waals surface area contributed by atoms with E-state index in [4.69, 9.17) is 22.1 Å². The molecule has 0 fully saturated rings. The van der Waals surface area contributed by atoms with Crippen molar-refractivity contribution in [2.75, 3.05) is 6.54 Å². The lowest BCUT2D eigenvalue weighted by Crippen LogP contribution is -2.03. The Bertz CT molecular complexity index is 560. The van der Waals surface area contributed by atoms with Crippen molar-refractivity contribution in [2.24, 2.45) is 5.73 Å². The van der Waals surface area contributed by atoms with Crippen LogP contribution >= 0.6 is 27.5 Å². The molecule has 0 bridgehead atoms. The van der Waals surface area contributed by atoms with Gasteiger partial charge in [0.15, 0.2) is 0 Å². The van der Waals surface area contributed by atoms with Gasteiger partial charge in [0.2, 0.25) is 0 Å². The molecule has 0 saturated heterocycles. The van der Waals surface area contributed by atoms with Crippen molar-refractivity contribution in [3.05, 3.63) is 63.1 Å². The van der Waals surface area contributed by atoms with Crippen molar-refractivity contribution >= 4 is 27.5 Å². The highest BCUT2D eigenvalue weighted by atomic mass is 79.9. The molecule has 2 nitrogen and oxygen atoms in total. The average Bonchev–Trinajstić information content (AvgIpc) is 2.40. The summed E-state index contributed by atoms with van der Waals surface area (Å²) in [6.45, 7) is 1.10. The van der Waals surface area contributed by atoms with Crippen molar-refractivity contribution in [2.45, 2.75) is 13.0 Å². The summed E-state index contributed by atoms with van der Waals surface area (Å²) >= 11 is 9.60. The predicted molar refractivity (Wildman–Crippen MR) is 82.7 cm³/mol. The molecule has 2 N–H and O–H groups in total. The summed E-state index contributed by atoms with van der Waals surface area (Å²) in [4.78, 5) is 0. The second-order valence-electron chi connectivity index (χ2n) is 4.18. The van der Waals surface area contributed by atoms with Gasteiger partial charge in [-0.1, -0.05) is 35.9 Å². The summed E-state index contributed by atoms with van der Waals surface area (Å²) in [5, 5.41) is 0.721. The van der Waals surface area contributed by atoms with E-state index in [0.717, 1.165) is 27.2 Å². The lowest BCUT2D eigenvalue weighted by Gasteiger charge is -2.10. The second kappa shape index (κ2) is 6.94. The molecule has 0 aliphatic rings. The fourth-order valence-electron chi connectivity index (χ4n) is 1.75. The van der Waals surface area contributed by atoms with Crippen LogP contribution in [0.15, 0.2) is 46.9 Å². The third-order valence-corrected chi connectivity index (χ3v) is 3.76. The Kier molecular flexibility index (Phi) is 5.25. The third-order valence-electron chi connectivity index (χ3n) is 2.77. The Balaban J connectivity index is 2.06. The van der Waals surface area contributed by atoms with Gasteiger partial charge in [-0.15, -0.1) is 0 Å². The Morgan fingerprint density at radius 2 is 1.95 bits per heavy atom. The molecule has 19 heavy (non-hydrogen) atoms. The zero-order chi connectivity index (χ0) is 13.7. The molecule has 0 radical (unpaired) electrons. The molecular weight excluding hydrogens is 326 g/mol. The Hall–Kier alpha value is -1.03. The van der Waals surface area contributed by atoms with Gasteiger partial charge in [0.25, 0.3) is 0 Å². The standard InChI is InChI=1S/C15H15BrClNO/c16-13-9-11(7-8-18)5-6-15(13)19-10-12-3-1-2-4-14(12)17/h1-6,9H,7-8,10,18H2. The van der Waals surface area contributed by atoms with E-state index >= 15 is 0 Å². The summed E-state index contributed by atoms with van der Waals surface area (Å²) in [6, 6.07) is 13.7. The number of benzene rings is 2. The monoisotopic (exact) mass is 339 g/mol. The smallest absolute Gasteiger partial charge is 0.134 e. The van der Waals surface area contributed by atoms with Gasteiger partial charge in [-0.25, -0.2) is 0 Å². The quantitative estimate of drug-likeness (QED) is 0.886. The Morgan fingerprint density at radius 3 is 2.63 bits per heavy atom. The third kappa shape index (κ3) is 3.96. The van der Waals surface area contributed by atoms with Crippen LogP contribution in [0.3, 0.4) is 0 Å².